The Balaban J connectivity index is 2.55. The van der Waals surface area contributed by atoms with E-state index in [2.05, 4.69) is 19.6 Å². The fourth-order valence-corrected chi connectivity index (χ4v) is 4.51. The molecule has 0 saturated heterocycles. The van der Waals surface area contributed by atoms with Crippen LogP contribution in [0.3, 0.4) is 0 Å². The Hall–Kier alpha value is 0.177. The van der Waals surface area contributed by atoms with Gasteiger partial charge in [-0.2, -0.15) is 0 Å². The fraction of sp³-hybridized carbons (Fsp3) is 1.00. The summed E-state index contributed by atoms with van der Waals surface area (Å²) in [6.07, 6.45) is 4.93. The average Bonchev–Trinajstić information content (AvgIpc) is 1.86. The van der Waals surface area contributed by atoms with Crippen LogP contribution >= 0.6 is 0 Å². The van der Waals surface area contributed by atoms with Crippen LogP contribution in [0.15, 0.2) is 0 Å². The lowest BCUT2D eigenvalue weighted by molar-refractivity contribution is 0.127. The lowest BCUT2D eigenvalue weighted by Gasteiger charge is -2.36. The van der Waals surface area contributed by atoms with Crippen LogP contribution in [0.4, 0.5) is 0 Å². The van der Waals surface area contributed by atoms with Crippen LogP contribution in [0.5, 0.6) is 0 Å². The van der Waals surface area contributed by atoms with E-state index in [9.17, 15) is 5.11 Å². The molecule has 0 radical (unpaired) electrons. The molecule has 1 nitrogen and oxygen atoms in total. The van der Waals surface area contributed by atoms with E-state index in [1.54, 1.807) is 0 Å². The molecule has 1 fully saturated rings. The van der Waals surface area contributed by atoms with Crippen molar-refractivity contribution in [1.29, 1.82) is 0 Å². The van der Waals surface area contributed by atoms with E-state index < -0.39 is 8.07 Å². The van der Waals surface area contributed by atoms with E-state index in [1.165, 1.54) is 19.3 Å². The molecule has 0 aromatic rings. The first-order valence-corrected chi connectivity index (χ1v) is 8.27. The van der Waals surface area contributed by atoms with Gasteiger partial charge in [0.25, 0.3) is 0 Å². The molecule has 0 aromatic carbocycles. The number of hydrogen-bond acceptors (Lipinski definition) is 1. The monoisotopic (exact) mass is 172 g/mol. The van der Waals surface area contributed by atoms with Gasteiger partial charge in [-0.15, -0.1) is 0 Å². The lowest BCUT2D eigenvalue weighted by atomic mass is 9.97. The van der Waals surface area contributed by atoms with Crippen LogP contribution in [0, 0.1) is 0 Å². The quantitative estimate of drug-likeness (QED) is 0.603. The molecule has 0 bridgehead atoms. The van der Waals surface area contributed by atoms with E-state index in [4.69, 9.17) is 0 Å². The molecule has 1 aliphatic rings. The molecule has 1 N–H and O–H groups in total. The van der Waals surface area contributed by atoms with Gasteiger partial charge in [0.15, 0.2) is 0 Å². The van der Waals surface area contributed by atoms with Gasteiger partial charge in [-0.05, 0) is 12.0 Å². The summed E-state index contributed by atoms with van der Waals surface area (Å²) >= 11 is 0. The first kappa shape index (κ1) is 9.27. The summed E-state index contributed by atoms with van der Waals surface area (Å²) in [5.41, 5.74) is 0.663. The van der Waals surface area contributed by atoms with Gasteiger partial charge in [0.1, 0.15) is 0 Å². The Morgan fingerprint density at radius 3 is 2.00 bits per heavy atom. The van der Waals surface area contributed by atoms with Crippen molar-refractivity contribution in [3.8, 4) is 0 Å². The molecule has 1 saturated carbocycles. The van der Waals surface area contributed by atoms with Crippen LogP contribution in [-0.4, -0.2) is 19.3 Å². The zero-order valence-electron chi connectivity index (χ0n) is 7.93. The molecule has 0 amide bonds. The van der Waals surface area contributed by atoms with Crippen molar-refractivity contribution in [3.05, 3.63) is 0 Å². The van der Waals surface area contributed by atoms with Crippen molar-refractivity contribution in [3.63, 3.8) is 0 Å². The summed E-state index contributed by atoms with van der Waals surface area (Å²) < 4.78 is 0. The largest absolute Gasteiger partial charge is 0.393 e. The van der Waals surface area contributed by atoms with E-state index >= 15 is 0 Å². The Morgan fingerprint density at radius 1 is 1.09 bits per heavy atom. The van der Waals surface area contributed by atoms with Crippen molar-refractivity contribution >= 4 is 8.07 Å². The van der Waals surface area contributed by atoms with E-state index in [0.717, 1.165) is 6.42 Å². The van der Waals surface area contributed by atoms with Gasteiger partial charge in [0.2, 0.25) is 0 Å². The van der Waals surface area contributed by atoms with Gasteiger partial charge >= 0.3 is 0 Å². The number of rotatable bonds is 1. The average molecular weight is 172 g/mol. The maximum atomic E-state index is 9.74. The second-order valence-corrected chi connectivity index (χ2v) is 10.3. The van der Waals surface area contributed by atoms with Gasteiger partial charge in [-0.3, -0.25) is 0 Å². The highest BCUT2D eigenvalue weighted by molar-refractivity contribution is 6.77. The van der Waals surface area contributed by atoms with Gasteiger partial charge < -0.3 is 5.11 Å². The summed E-state index contributed by atoms with van der Waals surface area (Å²) in [5, 5.41) is 9.74. The minimum absolute atomic E-state index is 0.0235. The Labute approximate surface area is 70.8 Å². The van der Waals surface area contributed by atoms with E-state index in [-0.39, 0.29) is 6.10 Å². The number of aliphatic hydroxyl groups excluding tert-OH is 1. The van der Waals surface area contributed by atoms with Crippen LogP contribution in [0.2, 0.25) is 25.2 Å². The number of hydrogen-bond donors (Lipinski definition) is 1. The van der Waals surface area contributed by atoms with Crippen LogP contribution in [-0.2, 0) is 0 Å². The molecule has 0 spiro atoms. The predicted octanol–water partition coefficient (Wildman–Crippen LogP) is 2.63. The highest BCUT2D eigenvalue weighted by Crippen LogP contribution is 2.36. The van der Waals surface area contributed by atoms with Crippen molar-refractivity contribution in [2.24, 2.45) is 0 Å². The Kier molecular flexibility index (Phi) is 2.76. The summed E-state index contributed by atoms with van der Waals surface area (Å²) in [4.78, 5) is 0. The van der Waals surface area contributed by atoms with Crippen molar-refractivity contribution < 1.29 is 5.11 Å². The highest BCUT2D eigenvalue weighted by atomic mass is 28.3. The van der Waals surface area contributed by atoms with Crippen LogP contribution < -0.4 is 0 Å². The zero-order chi connectivity index (χ0) is 8.48. The molecule has 1 aliphatic carbocycles. The maximum absolute atomic E-state index is 9.74. The van der Waals surface area contributed by atoms with Crippen LogP contribution in [0.1, 0.15) is 25.7 Å². The summed E-state index contributed by atoms with van der Waals surface area (Å²) in [7, 11) is -1.07. The molecule has 0 aromatic heterocycles. The molecule has 1 rings (SSSR count). The standard InChI is InChI=1S/C9H20OSi/c1-11(2,3)9-7-5-4-6-8(9)10/h8-10H,4-7H2,1-3H3/t8-,9-/m0/s1. The summed E-state index contributed by atoms with van der Waals surface area (Å²) in [6.45, 7) is 7.10. The number of aliphatic hydroxyl groups is 1. The molecular formula is C9H20OSi. The topological polar surface area (TPSA) is 20.2 Å². The van der Waals surface area contributed by atoms with Gasteiger partial charge in [0.05, 0.1) is 14.2 Å². The van der Waals surface area contributed by atoms with Crippen LogP contribution in [0.25, 0.3) is 0 Å². The SMILES string of the molecule is C[Si](C)(C)[C@H]1CCCC[C@@H]1O. The molecule has 66 valence electrons. The molecule has 0 unspecified atom stereocenters. The summed E-state index contributed by atoms with van der Waals surface area (Å²) in [5.74, 6) is 0. The maximum Gasteiger partial charge on any atom is 0.0544 e. The minimum atomic E-state index is -1.07. The first-order chi connectivity index (χ1) is 5.02. The zero-order valence-corrected chi connectivity index (χ0v) is 8.93. The Bertz CT molecular complexity index is 128. The minimum Gasteiger partial charge on any atom is -0.393 e. The molecule has 2 heteroatoms. The van der Waals surface area contributed by atoms with E-state index in [1.807, 2.05) is 0 Å². The first-order valence-electron chi connectivity index (χ1n) is 4.70. The molecule has 0 aliphatic heterocycles. The molecule has 2 atom stereocenters. The van der Waals surface area contributed by atoms with Gasteiger partial charge in [-0.25, -0.2) is 0 Å². The van der Waals surface area contributed by atoms with Gasteiger partial charge in [0, 0.05) is 0 Å². The smallest absolute Gasteiger partial charge is 0.0544 e. The van der Waals surface area contributed by atoms with E-state index in [0.29, 0.717) is 5.54 Å². The van der Waals surface area contributed by atoms with Crippen molar-refractivity contribution in [1.82, 2.24) is 0 Å². The molecule has 0 heterocycles. The second kappa shape index (κ2) is 3.28. The molecular weight excluding hydrogens is 152 g/mol. The fourth-order valence-electron chi connectivity index (χ4n) is 2.12. The second-order valence-electron chi connectivity index (χ2n) is 4.82. The molecule has 11 heavy (non-hydrogen) atoms. The van der Waals surface area contributed by atoms with Crippen molar-refractivity contribution in [2.75, 3.05) is 0 Å². The predicted molar refractivity (Wildman–Crippen MR) is 51.6 cm³/mol. The third-order valence-corrected chi connectivity index (χ3v) is 5.74. The van der Waals surface area contributed by atoms with Crippen molar-refractivity contribution in [2.45, 2.75) is 57.0 Å². The third kappa shape index (κ3) is 2.31. The highest BCUT2D eigenvalue weighted by Gasteiger charge is 2.33. The normalized spacial score (nSPS) is 33.8. The summed E-state index contributed by atoms with van der Waals surface area (Å²) in [6, 6.07) is 0. The van der Waals surface area contributed by atoms with Gasteiger partial charge in [-0.1, -0.05) is 38.9 Å². The Morgan fingerprint density at radius 2 is 1.64 bits per heavy atom. The third-order valence-electron chi connectivity index (χ3n) is 2.84. The lowest BCUT2D eigenvalue weighted by Crippen LogP contribution is -2.38.